The summed E-state index contributed by atoms with van der Waals surface area (Å²) in [6.45, 7) is 0. The van der Waals surface area contributed by atoms with Crippen molar-refractivity contribution in [2.45, 2.75) is 0 Å². The van der Waals surface area contributed by atoms with Crippen LogP contribution in [0.4, 0.5) is 0 Å². The Bertz CT molecular complexity index is 702. The first-order chi connectivity index (χ1) is 9.78. The highest BCUT2D eigenvalue weighted by atomic mass is 32.1. The normalized spacial score (nSPS) is 16.1. The van der Waals surface area contributed by atoms with Crippen LogP contribution in [0.2, 0.25) is 0 Å². The molecule has 0 fully saturated rings. The summed E-state index contributed by atoms with van der Waals surface area (Å²) in [5.41, 5.74) is 1.90. The third-order valence-corrected chi connectivity index (χ3v) is 3.73. The predicted octanol–water partition coefficient (Wildman–Crippen LogP) is 3.10. The van der Waals surface area contributed by atoms with Gasteiger partial charge >= 0.3 is 5.97 Å². The Morgan fingerprint density at radius 3 is 2.95 bits per heavy atom. The van der Waals surface area contributed by atoms with Crippen LogP contribution in [-0.4, -0.2) is 18.8 Å². The van der Waals surface area contributed by atoms with E-state index in [2.05, 4.69) is 5.16 Å². The van der Waals surface area contributed by atoms with Gasteiger partial charge in [-0.05, 0) is 35.2 Å². The zero-order chi connectivity index (χ0) is 13.9. The molecule has 100 valence electrons. The molecule has 0 unspecified atom stereocenters. The average molecular weight is 285 g/mol. The number of hydrogen-bond donors (Lipinski definition) is 0. The van der Waals surface area contributed by atoms with Gasteiger partial charge in [0, 0.05) is 0 Å². The summed E-state index contributed by atoms with van der Waals surface area (Å²) >= 11 is 1.52. The smallest absolute Gasteiger partial charge is 0.368 e. The Morgan fingerprint density at radius 2 is 2.20 bits per heavy atom. The van der Waals surface area contributed by atoms with Crippen LogP contribution in [0, 0.1) is 0 Å². The Kier molecular flexibility index (Phi) is 3.35. The van der Waals surface area contributed by atoms with Crippen LogP contribution in [0.3, 0.4) is 0 Å². The van der Waals surface area contributed by atoms with Crippen molar-refractivity contribution in [2.24, 2.45) is 5.16 Å². The molecule has 0 saturated carbocycles. The summed E-state index contributed by atoms with van der Waals surface area (Å²) in [6.07, 6.45) is 1.76. The van der Waals surface area contributed by atoms with Gasteiger partial charge in [-0.2, -0.15) is 0 Å². The van der Waals surface area contributed by atoms with Crippen molar-refractivity contribution in [3.63, 3.8) is 0 Å². The minimum absolute atomic E-state index is 0.434. The second-order valence-electron chi connectivity index (χ2n) is 4.13. The maximum Gasteiger partial charge on any atom is 0.368 e. The highest BCUT2D eigenvalue weighted by molar-refractivity contribution is 7.12. The zero-order valence-corrected chi connectivity index (χ0v) is 11.5. The Hall–Kier alpha value is -2.40. The minimum atomic E-state index is -0.434. The third-order valence-electron chi connectivity index (χ3n) is 2.85. The van der Waals surface area contributed by atoms with Crippen molar-refractivity contribution >= 4 is 29.1 Å². The molecule has 2 heterocycles. The van der Waals surface area contributed by atoms with Gasteiger partial charge < -0.3 is 9.57 Å². The lowest BCUT2D eigenvalue weighted by Gasteiger charge is -2.01. The first-order valence-electron chi connectivity index (χ1n) is 5.97. The summed E-state index contributed by atoms with van der Waals surface area (Å²) in [7, 11) is 1.61. The van der Waals surface area contributed by atoms with Gasteiger partial charge in [0.25, 0.3) is 0 Å². The highest BCUT2D eigenvalue weighted by Crippen LogP contribution is 2.24. The zero-order valence-electron chi connectivity index (χ0n) is 10.7. The summed E-state index contributed by atoms with van der Waals surface area (Å²) in [6, 6.07) is 11.3. The van der Waals surface area contributed by atoms with Crippen molar-refractivity contribution in [3.05, 3.63) is 57.8 Å². The molecular weight excluding hydrogens is 274 g/mol. The largest absolute Gasteiger partial charge is 0.497 e. The summed E-state index contributed by atoms with van der Waals surface area (Å²) in [4.78, 5) is 17.5. The Balaban J connectivity index is 2.00. The van der Waals surface area contributed by atoms with Crippen molar-refractivity contribution in [1.29, 1.82) is 0 Å². The molecule has 0 N–H and O–H groups in total. The fourth-order valence-corrected chi connectivity index (χ4v) is 2.62. The summed E-state index contributed by atoms with van der Waals surface area (Å²) in [5, 5.41) is 5.79. The number of benzene rings is 1. The molecule has 4 nitrogen and oxygen atoms in total. The van der Waals surface area contributed by atoms with E-state index in [9.17, 15) is 4.79 Å². The number of oxime groups is 1. The van der Waals surface area contributed by atoms with Crippen molar-refractivity contribution in [2.75, 3.05) is 7.11 Å². The second-order valence-corrected chi connectivity index (χ2v) is 5.08. The third kappa shape index (κ3) is 2.35. The predicted molar refractivity (Wildman–Crippen MR) is 77.9 cm³/mol. The van der Waals surface area contributed by atoms with Gasteiger partial charge in [0.2, 0.25) is 0 Å². The van der Waals surface area contributed by atoms with E-state index in [1.165, 1.54) is 11.3 Å². The SMILES string of the molecule is COc1cccc(/C=C2\C(=O)ON=C2c2cccs2)c1. The van der Waals surface area contributed by atoms with Crippen LogP contribution in [0.5, 0.6) is 5.75 Å². The molecular formula is C15H11NO3S. The van der Waals surface area contributed by atoms with Crippen molar-refractivity contribution in [3.8, 4) is 5.75 Å². The topological polar surface area (TPSA) is 47.9 Å². The molecule has 1 aliphatic heterocycles. The van der Waals surface area contributed by atoms with Gasteiger partial charge in [-0.15, -0.1) is 11.3 Å². The maximum atomic E-state index is 11.8. The van der Waals surface area contributed by atoms with E-state index in [0.29, 0.717) is 11.3 Å². The molecule has 0 spiro atoms. The second kappa shape index (κ2) is 5.30. The monoisotopic (exact) mass is 285 g/mol. The fraction of sp³-hybridized carbons (Fsp3) is 0.0667. The van der Waals surface area contributed by atoms with E-state index in [1.807, 2.05) is 41.8 Å². The summed E-state index contributed by atoms with van der Waals surface area (Å²) < 4.78 is 5.17. The van der Waals surface area contributed by atoms with Crippen LogP contribution in [0.15, 0.2) is 52.5 Å². The van der Waals surface area contributed by atoms with Crippen LogP contribution >= 0.6 is 11.3 Å². The molecule has 0 saturated heterocycles. The molecule has 2 aromatic rings. The van der Waals surface area contributed by atoms with Gasteiger partial charge in [0.05, 0.1) is 17.6 Å². The number of carbonyl (C=O) groups is 1. The van der Waals surface area contributed by atoms with Gasteiger partial charge in [-0.25, -0.2) is 4.79 Å². The molecule has 5 heteroatoms. The van der Waals surface area contributed by atoms with Gasteiger partial charge in [-0.1, -0.05) is 23.4 Å². The number of methoxy groups -OCH3 is 1. The molecule has 1 aromatic carbocycles. The van der Waals surface area contributed by atoms with Crippen molar-refractivity contribution in [1.82, 2.24) is 0 Å². The Morgan fingerprint density at radius 1 is 1.30 bits per heavy atom. The van der Waals surface area contributed by atoms with Gasteiger partial charge in [-0.3, -0.25) is 0 Å². The average Bonchev–Trinajstić information content (AvgIpc) is 3.10. The summed E-state index contributed by atoms with van der Waals surface area (Å²) in [5.74, 6) is 0.302. The number of nitrogens with zero attached hydrogens (tertiary/aromatic N) is 1. The highest BCUT2D eigenvalue weighted by Gasteiger charge is 2.27. The number of hydrogen-bond acceptors (Lipinski definition) is 5. The first-order valence-corrected chi connectivity index (χ1v) is 6.85. The Labute approximate surface area is 119 Å². The lowest BCUT2D eigenvalue weighted by Crippen LogP contribution is -2.05. The molecule has 20 heavy (non-hydrogen) atoms. The van der Waals surface area contributed by atoms with Crippen LogP contribution in [0.25, 0.3) is 6.08 Å². The van der Waals surface area contributed by atoms with Gasteiger partial charge in [0.15, 0.2) is 0 Å². The molecule has 3 rings (SSSR count). The van der Waals surface area contributed by atoms with Crippen molar-refractivity contribution < 1.29 is 14.4 Å². The molecule has 0 aliphatic carbocycles. The minimum Gasteiger partial charge on any atom is -0.497 e. The quantitative estimate of drug-likeness (QED) is 0.643. The molecule has 1 aromatic heterocycles. The van der Waals surface area contributed by atoms with E-state index in [-0.39, 0.29) is 0 Å². The number of ether oxygens (including phenoxy) is 1. The van der Waals surface area contributed by atoms with E-state index in [1.54, 1.807) is 13.2 Å². The van der Waals surface area contributed by atoms with Crippen LogP contribution in [0.1, 0.15) is 10.4 Å². The lowest BCUT2D eigenvalue weighted by molar-refractivity contribution is -0.136. The van der Waals surface area contributed by atoms with Crippen LogP contribution in [-0.2, 0) is 9.63 Å². The first kappa shape index (κ1) is 12.6. The number of rotatable bonds is 3. The van der Waals surface area contributed by atoms with Gasteiger partial charge in [0.1, 0.15) is 11.5 Å². The fourth-order valence-electron chi connectivity index (χ4n) is 1.90. The van der Waals surface area contributed by atoms with E-state index < -0.39 is 5.97 Å². The maximum absolute atomic E-state index is 11.8. The van der Waals surface area contributed by atoms with Crippen LogP contribution < -0.4 is 4.74 Å². The molecule has 0 radical (unpaired) electrons. The van der Waals surface area contributed by atoms with E-state index >= 15 is 0 Å². The van der Waals surface area contributed by atoms with E-state index in [4.69, 9.17) is 9.57 Å². The lowest BCUT2D eigenvalue weighted by atomic mass is 10.1. The standard InChI is InChI=1S/C15H11NO3S/c1-18-11-5-2-4-10(8-11)9-12-14(16-19-15(12)17)13-6-3-7-20-13/h2-9H,1H3/b12-9-. The number of thiophene rings is 1. The molecule has 0 bridgehead atoms. The number of carbonyl (C=O) groups excluding carboxylic acids is 1. The van der Waals surface area contributed by atoms with E-state index in [0.717, 1.165) is 16.2 Å². The molecule has 0 amide bonds. The molecule has 1 aliphatic rings. The molecule has 0 atom stereocenters.